The quantitative estimate of drug-likeness (QED) is 0.821. The van der Waals surface area contributed by atoms with Gasteiger partial charge in [0.2, 0.25) is 0 Å². The van der Waals surface area contributed by atoms with Crippen LogP contribution in [-0.2, 0) is 11.3 Å². The van der Waals surface area contributed by atoms with Gasteiger partial charge in [-0.3, -0.25) is 14.7 Å². The van der Waals surface area contributed by atoms with E-state index in [1.807, 2.05) is 33.0 Å². The van der Waals surface area contributed by atoms with Crippen LogP contribution in [0.5, 0.6) is 0 Å². The van der Waals surface area contributed by atoms with E-state index >= 15 is 0 Å². The second-order valence-corrected chi connectivity index (χ2v) is 4.31. The molecule has 17 heavy (non-hydrogen) atoms. The van der Waals surface area contributed by atoms with Crippen LogP contribution >= 0.6 is 0 Å². The fourth-order valence-corrected chi connectivity index (χ4v) is 1.84. The standard InChI is InChI=1S/C13H20N2O2/c1-4-15(11(3)7-13(16)17)9-12-8-14-6-5-10(12)2/h5-6,8,11H,4,7,9H2,1-3H3,(H,16,17). The molecule has 1 heterocycles. The molecular formula is C13H20N2O2. The van der Waals surface area contributed by atoms with Gasteiger partial charge in [0.1, 0.15) is 0 Å². The van der Waals surface area contributed by atoms with Crippen LogP contribution in [0.2, 0.25) is 0 Å². The molecule has 0 amide bonds. The molecule has 0 aromatic carbocycles. The molecule has 1 aromatic rings. The van der Waals surface area contributed by atoms with Crippen molar-refractivity contribution in [3.8, 4) is 0 Å². The van der Waals surface area contributed by atoms with Crippen LogP contribution in [0.15, 0.2) is 18.5 Å². The maximum absolute atomic E-state index is 10.7. The van der Waals surface area contributed by atoms with E-state index in [0.717, 1.165) is 18.7 Å². The molecule has 0 saturated carbocycles. The van der Waals surface area contributed by atoms with Crippen molar-refractivity contribution in [1.82, 2.24) is 9.88 Å². The van der Waals surface area contributed by atoms with Crippen molar-refractivity contribution in [1.29, 1.82) is 0 Å². The van der Waals surface area contributed by atoms with Crippen LogP contribution in [0.4, 0.5) is 0 Å². The molecule has 1 unspecified atom stereocenters. The van der Waals surface area contributed by atoms with E-state index in [2.05, 4.69) is 9.88 Å². The number of rotatable bonds is 6. The van der Waals surface area contributed by atoms with Gasteiger partial charge in [-0.2, -0.15) is 0 Å². The Morgan fingerprint density at radius 3 is 2.82 bits per heavy atom. The van der Waals surface area contributed by atoms with Gasteiger partial charge >= 0.3 is 5.97 Å². The van der Waals surface area contributed by atoms with Crippen molar-refractivity contribution in [3.05, 3.63) is 29.6 Å². The molecule has 0 aliphatic carbocycles. The first kappa shape index (κ1) is 13.6. The molecular weight excluding hydrogens is 216 g/mol. The molecule has 4 nitrogen and oxygen atoms in total. The molecule has 0 fully saturated rings. The zero-order chi connectivity index (χ0) is 12.8. The number of carbonyl (C=O) groups is 1. The zero-order valence-electron chi connectivity index (χ0n) is 10.7. The van der Waals surface area contributed by atoms with E-state index in [0.29, 0.717) is 0 Å². The first-order valence-corrected chi connectivity index (χ1v) is 5.90. The molecule has 0 aliphatic heterocycles. The number of aliphatic carboxylic acids is 1. The predicted octanol–water partition coefficient (Wildman–Crippen LogP) is 2.08. The van der Waals surface area contributed by atoms with E-state index in [1.54, 1.807) is 6.20 Å². The minimum atomic E-state index is -0.751. The maximum atomic E-state index is 10.7. The lowest BCUT2D eigenvalue weighted by Crippen LogP contribution is -2.34. The second kappa shape index (κ2) is 6.35. The minimum absolute atomic E-state index is 0.0390. The van der Waals surface area contributed by atoms with Gasteiger partial charge in [0.25, 0.3) is 0 Å². The predicted molar refractivity (Wildman–Crippen MR) is 66.8 cm³/mol. The number of pyridine rings is 1. The number of aryl methyl sites for hydroxylation is 1. The van der Waals surface area contributed by atoms with E-state index in [-0.39, 0.29) is 12.5 Å². The van der Waals surface area contributed by atoms with Crippen LogP contribution in [0.3, 0.4) is 0 Å². The van der Waals surface area contributed by atoms with Gasteiger partial charge in [-0.25, -0.2) is 0 Å². The van der Waals surface area contributed by atoms with Crippen LogP contribution in [0.1, 0.15) is 31.4 Å². The smallest absolute Gasteiger partial charge is 0.304 e. The Kier molecular flexibility index (Phi) is 5.10. The van der Waals surface area contributed by atoms with Gasteiger partial charge in [-0.1, -0.05) is 6.92 Å². The summed E-state index contributed by atoms with van der Waals surface area (Å²) in [5, 5.41) is 8.81. The monoisotopic (exact) mass is 236 g/mol. The van der Waals surface area contributed by atoms with E-state index in [4.69, 9.17) is 5.11 Å². The Labute approximate surface area is 102 Å². The SMILES string of the molecule is CCN(Cc1cnccc1C)C(C)CC(=O)O. The summed E-state index contributed by atoms with van der Waals surface area (Å²) in [5.74, 6) is -0.751. The van der Waals surface area contributed by atoms with Crippen LogP contribution < -0.4 is 0 Å². The molecule has 0 aliphatic rings. The molecule has 1 aromatic heterocycles. The highest BCUT2D eigenvalue weighted by atomic mass is 16.4. The Morgan fingerprint density at radius 2 is 2.29 bits per heavy atom. The van der Waals surface area contributed by atoms with Gasteiger partial charge in [0.15, 0.2) is 0 Å². The van der Waals surface area contributed by atoms with E-state index < -0.39 is 5.97 Å². The maximum Gasteiger partial charge on any atom is 0.304 e. The summed E-state index contributed by atoms with van der Waals surface area (Å²) in [5.41, 5.74) is 2.35. The molecule has 0 spiro atoms. The van der Waals surface area contributed by atoms with Gasteiger partial charge in [-0.15, -0.1) is 0 Å². The lowest BCUT2D eigenvalue weighted by atomic mass is 10.1. The van der Waals surface area contributed by atoms with Crippen molar-refractivity contribution in [2.24, 2.45) is 0 Å². The van der Waals surface area contributed by atoms with Gasteiger partial charge in [0.05, 0.1) is 6.42 Å². The Bertz CT molecular complexity index is 379. The van der Waals surface area contributed by atoms with Crippen molar-refractivity contribution in [3.63, 3.8) is 0 Å². The largest absolute Gasteiger partial charge is 0.481 e. The summed E-state index contributed by atoms with van der Waals surface area (Å²) in [4.78, 5) is 17.0. The van der Waals surface area contributed by atoms with Crippen LogP contribution in [0, 0.1) is 6.92 Å². The number of aromatic nitrogens is 1. The highest BCUT2D eigenvalue weighted by Gasteiger charge is 2.16. The molecule has 1 N–H and O–H groups in total. The highest BCUT2D eigenvalue weighted by Crippen LogP contribution is 2.12. The third-order valence-electron chi connectivity index (χ3n) is 3.02. The lowest BCUT2D eigenvalue weighted by Gasteiger charge is -2.27. The topological polar surface area (TPSA) is 53.4 Å². The average Bonchev–Trinajstić information content (AvgIpc) is 2.27. The molecule has 1 rings (SSSR count). The third kappa shape index (κ3) is 4.15. The van der Waals surface area contributed by atoms with Crippen molar-refractivity contribution >= 4 is 5.97 Å². The summed E-state index contributed by atoms with van der Waals surface area (Å²) < 4.78 is 0. The van der Waals surface area contributed by atoms with Gasteiger partial charge in [-0.05, 0) is 37.6 Å². The summed E-state index contributed by atoms with van der Waals surface area (Å²) in [6.07, 6.45) is 3.80. The number of carboxylic acid groups (broad SMARTS) is 1. The van der Waals surface area contributed by atoms with E-state index in [9.17, 15) is 4.79 Å². The number of nitrogens with zero attached hydrogens (tertiary/aromatic N) is 2. The summed E-state index contributed by atoms with van der Waals surface area (Å²) in [6.45, 7) is 7.63. The first-order valence-electron chi connectivity index (χ1n) is 5.90. The van der Waals surface area contributed by atoms with Crippen LogP contribution in [-0.4, -0.2) is 33.5 Å². The Hall–Kier alpha value is -1.42. The second-order valence-electron chi connectivity index (χ2n) is 4.31. The third-order valence-corrected chi connectivity index (χ3v) is 3.02. The van der Waals surface area contributed by atoms with Gasteiger partial charge in [0, 0.05) is 25.0 Å². The summed E-state index contributed by atoms with van der Waals surface area (Å²) >= 11 is 0. The summed E-state index contributed by atoms with van der Waals surface area (Å²) in [7, 11) is 0. The van der Waals surface area contributed by atoms with Crippen molar-refractivity contribution in [2.75, 3.05) is 6.54 Å². The van der Waals surface area contributed by atoms with Crippen molar-refractivity contribution in [2.45, 2.75) is 39.8 Å². The number of carboxylic acids is 1. The Morgan fingerprint density at radius 1 is 1.59 bits per heavy atom. The fraction of sp³-hybridized carbons (Fsp3) is 0.538. The number of hydrogen-bond donors (Lipinski definition) is 1. The average molecular weight is 236 g/mol. The fourth-order valence-electron chi connectivity index (χ4n) is 1.84. The summed E-state index contributed by atoms with van der Waals surface area (Å²) in [6, 6.07) is 2.02. The lowest BCUT2D eigenvalue weighted by molar-refractivity contribution is -0.138. The normalized spacial score (nSPS) is 12.7. The van der Waals surface area contributed by atoms with Crippen molar-refractivity contribution < 1.29 is 9.90 Å². The molecule has 4 heteroatoms. The van der Waals surface area contributed by atoms with Gasteiger partial charge < -0.3 is 5.11 Å². The van der Waals surface area contributed by atoms with Crippen LogP contribution in [0.25, 0.3) is 0 Å². The van der Waals surface area contributed by atoms with E-state index in [1.165, 1.54) is 5.56 Å². The number of hydrogen-bond acceptors (Lipinski definition) is 3. The molecule has 1 atom stereocenters. The molecule has 0 bridgehead atoms. The molecule has 0 saturated heterocycles. The first-order chi connectivity index (χ1) is 8.04. The molecule has 94 valence electrons. The Balaban J connectivity index is 2.70. The zero-order valence-corrected chi connectivity index (χ0v) is 10.7. The molecule has 0 radical (unpaired) electrons. The highest BCUT2D eigenvalue weighted by molar-refractivity contribution is 5.67. The minimum Gasteiger partial charge on any atom is -0.481 e.